The van der Waals surface area contributed by atoms with E-state index >= 15 is 0 Å². The molecule has 1 atom stereocenters. The molecular weight excluding hydrogens is 218 g/mol. The molecular formula is C12H12N3O2-. The van der Waals surface area contributed by atoms with Crippen LogP contribution in [0.3, 0.4) is 0 Å². The number of carbonyl (C=O) groups excluding carboxylic acids is 1. The number of carbonyl (C=O) groups is 1. The number of hydrogen-bond donors (Lipinski definition) is 0. The lowest BCUT2D eigenvalue weighted by atomic mass is 9.96. The Bertz CT molecular complexity index is 468. The highest BCUT2D eigenvalue weighted by Crippen LogP contribution is 2.19. The van der Waals surface area contributed by atoms with Crippen LogP contribution in [-0.2, 0) is 11.3 Å². The first kappa shape index (κ1) is 11.3. The molecule has 0 bridgehead atoms. The summed E-state index contributed by atoms with van der Waals surface area (Å²) in [6.45, 7) is 0.507. The van der Waals surface area contributed by atoms with E-state index in [-0.39, 0.29) is 0 Å². The molecule has 0 saturated heterocycles. The molecule has 0 aliphatic carbocycles. The maximum Gasteiger partial charge on any atom is 0.137 e. The van der Waals surface area contributed by atoms with Crippen molar-refractivity contribution in [2.45, 2.75) is 18.9 Å². The van der Waals surface area contributed by atoms with Crippen molar-refractivity contribution in [3.63, 3.8) is 0 Å². The van der Waals surface area contributed by atoms with Gasteiger partial charge in [-0.2, -0.15) is 5.10 Å². The van der Waals surface area contributed by atoms with E-state index in [1.807, 2.05) is 18.2 Å². The van der Waals surface area contributed by atoms with E-state index in [4.69, 9.17) is 0 Å². The van der Waals surface area contributed by atoms with Crippen LogP contribution in [0.25, 0.3) is 0 Å². The van der Waals surface area contributed by atoms with Crippen LogP contribution in [0.2, 0.25) is 0 Å². The Morgan fingerprint density at radius 2 is 2.12 bits per heavy atom. The van der Waals surface area contributed by atoms with Crippen molar-refractivity contribution in [3.8, 4) is 0 Å². The molecule has 0 N–H and O–H groups in total. The minimum atomic E-state index is -1.06. The molecule has 0 amide bonds. The molecule has 1 heterocycles. The Balaban J connectivity index is 2.06. The highest BCUT2D eigenvalue weighted by molar-refractivity contribution is 5.73. The molecule has 0 radical (unpaired) electrons. The molecule has 5 nitrogen and oxygen atoms in total. The molecule has 0 fully saturated rings. The second kappa shape index (κ2) is 5.25. The summed E-state index contributed by atoms with van der Waals surface area (Å²) in [6, 6.07) is 9.08. The van der Waals surface area contributed by atoms with Crippen molar-refractivity contribution >= 4 is 5.97 Å². The summed E-state index contributed by atoms with van der Waals surface area (Å²) < 4.78 is 1.61. The number of carboxylic acid groups (broad SMARTS) is 1. The quantitative estimate of drug-likeness (QED) is 0.735. The van der Waals surface area contributed by atoms with E-state index in [9.17, 15) is 9.90 Å². The van der Waals surface area contributed by atoms with Gasteiger partial charge in [-0.1, -0.05) is 30.3 Å². The molecule has 0 aliphatic rings. The second-order valence-corrected chi connectivity index (χ2v) is 3.73. The Morgan fingerprint density at radius 3 is 2.71 bits per heavy atom. The van der Waals surface area contributed by atoms with Gasteiger partial charge in [0.25, 0.3) is 0 Å². The summed E-state index contributed by atoms with van der Waals surface area (Å²) in [6.07, 6.45) is 3.43. The van der Waals surface area contributed by atoms with Crippen molar-refractivity contribution in [2.75, 3.05) is 0 Å². The Kier molecular flexibility index (Phi) is 3.49. The monoisotopic (exact) mass is 230 g/mol. The van der Waals surface area contributed by atoms with Crippen LogP contribution in [0.5, 0.6) is 0 Å². The Labute approximate surface area is 98.7 Å². The second-order valence-electron chi connectivity index (χ2n) is 3.73. The van der Waals surface area contributed by atoms with Gasteiger partial charge in [0.15, 0.2) is 0 Å². The fourth-order valence-electron chi connectivity index (χ4n) is 1.72. The Morgan fingerprint density at radius 1 is 1.35 bits per heavy atom. The predicted octanol–water partition coefficient (Wildman–Crippen LogP) is 0.202. The molecule has 1 unspecified atom stereocenters. The van der Waals surface area contributed by atoms with E-state index in [0.717, 1.165) is 5.56 Å². The van der Waals surface area contributed by atoms with Crippen molar-refractivity contribution in [2.24, 2.45) is 0 Å². The summed E-state index contributed by atoms with van der Waals surface area (Å²) in [7, 11) is 0. The minimum Gasteiger partial charge on any atom is -0.549 e. The molecule has 88 valence electrons. The molecule has 0 spiro atoms. The van der Waals surface area contributed by atoms with E-state index in [1.165, 1.54) is 6.33 Å². The molecule has 2 aromatic rings. The molecule has 0 saturated carbocycles. The summed E-state index contributed by atoms with van der Waals surface area (Å²) in [5.41, 5.74) is 0.757. The summed E-state index contributed by atoms with van der Waals surface area (Å²) in [5.74, 6) is -1.67. The zero-order valence-corrected chi connectivity index (χ0v) is 9.19. The Hall–Kier alpha value is -2.17. The van der Waals surface area contributed by atoms with Crippen LogP contribution in [0, 0.1) is 0 Å². The molecule has 1 aromatic heterocycles. The zero-order valence-electron chi connectivity index (χ0n) is 9.19. The lowest BCUT2D eigenvalue weighted by Crippen LogP contribution is -2.30. The van der Waals surface area contributed by atoms with Gasteiger partial charge in [0, 0.05) is 18.4 Å². The van der Waals surface area contributed by atoms with Gasteiger partial charge in [-0.05, 0) is 12.0 Å². The topological polar surface area (TPSA) is 70.8 Å². The summed E-state index contributed by atoms with van der Waals surface area (Å²) >= 11 is 0. The van der Waals surface area contributed by atoms with E-state index in [0.29, 0.717) is 13.0 Å². The van der Waals surface area contributed by atoms with Gasteiger partial charge < -0.3 is 9.90 Å². The van der Waals surface area contributed by atoms with Gasteiger partial charge in [-0.25, -0.2) is 4.98 Å². The predicted molar refractivity (Wildman–Crippen MR) is 58.8 cm³/mol. The number of nitrogens with zero attached hydrogens (tertiary/aromatic N) is 3. The number of benzene rings is 1. The first-order valence-electron chi connectivity index (χ1n) is 5.35. The average Bonchev–Trinajstić information content (AvgIpc) is 2.83. The maximum atomic E-state index is 11.1. The maximum absolute atomic E-state index is 11.1. The molecule has 0 aliphatic heterocycles. The van der Waals surface area contributed by atoms with Gasteiger partial charge in [0.1, 0.15) is 12.7 Å². The zero-order chi connectivity index (χ0) is 12.1. The fourth-order valence-corrected chi connectivity index (χ4v) is 1.72. The highest BCUT2D eigenvalue weighted by atomic mass is 16.4. The lowest BCUT2D eigenvalue weighted by molar-refractivity contribution is -0.308. The van der Waals surface area contributed by atoms with Crippen LogP contribution in [0.4, 0.5) is 0 Å². The van der Waals surface area contributed by atoms with Crippen LogP contribution >= 0.6 is 0 Å². The molecule has 1 aromatic carbocycles. The first-order valence-corrected chi connectivity index (χ1v) is 5.35. The SMILES string of the molecule is O=C([O-])C(CCn1cncn1)c1ccccc1. The number of rotatable bonds is 5. The molecule has 17 heavy (non-hydrogen) atoms. The first-order chi connectivity index (χ1) is 8.27. The van der Waals surface area contributed by atoms with Crippen molar-refractivity contribution in [1.29, 1.82) is 0 Å². The summed E-state index contributed by atoms with van der Waals surface area (Å²) in [4.78, 5) is 14.9. The third-order valence-electron chi connectivity index (χ3n) is 2.60. The average molecular weight is 230 g/mol. The number of carboxylic acids is 1. The number of hydrogen-bond acceptors (Lipinski definition) is 4. The molecule has 2 rings (SSSR count). The third kappa shape index (κ3) is 2.90. The van der Waals surface area contributed by atoms with Gasteiger partial charge >= 0.3 is 0 Å². The van der Waals surface area contributed by atoms with Crippen molar-refractivity contribution in [1.82, 2.24) is 14.8 Å². The number of aliphatic carboxylic acids is 1. The van der Waals surface area contributed by atoms with Gasteiger partial charge in [-0.15, -0.1) is 0 Å². The highest BCUT2D eigenvalue weighted by Gasteiger charge is 2.12. The normalized spacial score (nSPS) is 12.2. The molecule has 5 heteroatoms. The minimum absolute atomic E-state index is 0.440. The van der Waals surface area contributed by atoms with Gasteiger partial charge in [-0.3, -0.25) is 4.68 Å². The van der Waals surface area contributed by atoms with Crippen LogP contribution in [0.1, 0.15) is 17.9 Å². The van der Waals surface area contributed by atoms with Crippen LogP contribution in [0.15, 0.2) is 43.0 Å². The van der Waals surface area contributed by atoms with E-state index < -0.39 is 11.9 Å². The standard InChI is InChI=1S/C12H13N3O2/c16-12(17)11(10-4-2-1-3-5-10)6-7-15-9-13-8-14-15/h1-5,8-9,11H,6-7H2,(H,16,17)/p-1. The van der Waals surface area contributed by atoms with Crippen LogP contribution < -0.4 is 5.11 Å². The van der Waals surface area contributed by atoms with E-state index in [1.54, 1.807) is 23.1 Å². The smallest absolute Gasteiger partial charge is 0.137 e. The lowest BCUT2D eigenvalue weighted by Gasteiger charge is -2.18. The van der Waals surface area contributed by atoms with Crippen molar-refractivity contribution in [3.05, 3.63) is 48.5 Å². The van der Waals surface area contributed by atoms with E-state index in [2.05, 4.69) is 10.1 Å². The number of aryl methyl sites for hydroxylation is 1. The third-order valence-corrected chi connectivity index (χ3v) is 2.60. The fraction of sp³-hybridized carbons (Fsp3) is 0.250. The van der Waals surface area contributed by atoms with Crippen LogP contribution in [-0.4, -0.2) is 20.7 Å². The van der Waals surface area contributed by atoms with Gasteiger partial charge in [0.05, 0.1) is 0 Å². The number of aromatic nitrogens is 3. The largest absolute Gasteiger partial charge is 0.549 e. The van der Waals surface area contributed by atoms with Crippen molar-refractivity contribution < 1.29 is 9.90 Å². The van der Waals surface area contributed by atoms with Gasteiger partial charge in [0.2, 0.25) is 0 Å². The summed E-state index contributed by atoms with van der Waals surface area (Å²) in [5, 5.41) is 15.0.